The molecule has 0 radical (unpaired) electrons. The molecule has 3 nitrogen and oxygen atoms in total. The molecule has 1 rings (SSSR count). The van der Waals surface area contributed by atoms with E-state index in [0.717, 1.165) is 31.3 Å². The second-order valence-corrected chi connectivity index (χ2v) is 10.8. The number of aliphatic hydroxyl groups excluding tert-OH is 1. The Kier molecular flexibility index (Phi) is 16.4. The fraction of sp³-hybridized carbons (Fsp3) is 0.656. The number of esters is 1. The molecule has 1 aliphatic carbocycles. The van der Waals surface area contributed by atoms with E-state index in [1.165, 1.54) is 68.1 Å². The van der Waals surface area contributed by atoms with Crippen molar-refractivity contribution in [1.29, 1.82) is 0 Å². The van der Waals surface area contributed by atoms with Crippen molar-refractivity contribution in [3.05, 3.63) is 58.7 Å². The predicted molar refractivity (Wildman–Crippen MR) is 150 cm³/mol. The summed E-state index contributed by atoms with van der Waals surface area (Å²) in [5, 5.41) is 8.77. The lowest BCUT2D eigenvalue weighted by molar-refractivity contribution is -0.142. The first-order valence-corrected chi connectivity index (χ1v) is 13.9. The first-order valence-electron chi connectivity index (χ1n) is 13.9. The third-order valence-corrected chi connectivity index (χ3v) is 6.96. The van der Waals surface area contributed by atoms with Gasteiger partial charge < -0.3 is 9.84 Å². The SMILES string of the molecule is CC(C=CC1=C(C)CCCC1(C)C)=CC=CC(C)=CCOC(=O)CCCCCCCCCCCO. The normalized spacial score (nSPS) is 17.1. The molecule has 1 N–H and O–H groups in total. The quantitative estimate of drug-likeness (QED) is 0.127. The fourth-order valence-corrected chi connectivity index (χ4v) is 4.66. The zero-order valence-corrected chi connectivity index (χ0v) is 23.3. The van der Waals surface area contributed by atoms with E-state index in [4.69, 9.17) is 9.84 Å². The molecule has 0 fully saturated rings. The van der Waals surface area contributed by atoms with Gasteiger partial charge in [0, 0.05) is 13.0 Å². The van der Waals surface area contributed by atoms with Crippen LogP contribution in [0, 0.1) is 5.41 Å². The summed E-state index contributed by atoms with van der Waals surface area (Å²) in [6.45, 7) is 11.8. The molecule has 3 heteroatoms. The molecule has 0 aliphatic heterocycles. The Hall–Kier alpha value is -1.87. The van der Waals surface area contributed by atoms with Crippen LogP contribution in [-0.4, -0.2) is 24.3 Å². The van der Waals surface area contributed by atoms with Gasteiger partial charge in [-0.15, -0.1) is 0 Å². The predicted octanol–water partition coefficient (Wildman–Crippen LogP) is 8.95. The molecule has 0 aromatic rings. The van der Waals surface area contributed by atoms with Crippen molar-refractivity contribution in [2.75, 3.05) is 13.2 Å². The Morgan fingerprint density at radius 2 is 1.57 bits per heavy atom. The van der Waals surface area contributed by atoms with Crippen molar-refractivity contribution in [3.8, 4) is 0 Å². The zero-order chi connectivity index (χ0) is 25.9. The Balaban J connectivity index is 2.23. The second kappa shape index (κ2) is 18.4. The van der Waals surface area contributed by atoms with Crippen LogP contribution in [0.2, 0.25) is 0 Å². The van der Waals surface area contributed by atoms with Crippen molar-refractivity contribution in [1.82, 2.24) is 0 Å². The van der Waals surface area contributed by atoms with Gasteiger partial charge in [-0.2, -0.15) is 0 Å². The van der Waals surface area contributed by atoms with Gasteiger partial charge in [0.25, 0.3) is 0 Å². The fourth-order valence-electron chi connectivity index (χ4n) is 4.66. The highest BCUT2D eigenvalue weighted by Gasteiger charge is 2.26. The molecule has 0 aromatic carbocycles. The monoisotopic (exact) mass is 484 g/mol. The number of aliphatic hydroxyl groups is 1. The third kappa shape index (κ3) is 15.0. The number of carbonyl (C=O) groups excluding carboxylic acids is 1. The van der Waals surface area contributed by atoms with Gasteiger partial charge in [-0.3, -0.25) is 4.79 Å². The van der Waals surface area contributed by atoms with Crippen LogP contribution >= 0.6 is 0 Å². The minimum Gasteiger partial charge on any atom is -0.461 e. The van der Waals surface area contributed by atoms with Crippen LogP contribution in [0.15, 0.2) is 58.7 Å². The number of carbonyl (C=O) groups is 1. The van der Waals surface area contributed by atoms with Crippen LogP contribution in [0.5, 0.6) is 0 Å². The van der Waals surface area contributed by atoms with Crippen molar-refractivity contribution in [2.45, 2.75) is 118 Å². The van der Waals surface area contributed by atoms with Crippen molar-refractivity contribution in [3.63, 3.8) is 0 Å². The smallest absolute Gasteiger partial charge is 0.306 e. The summed E-state index contributed by atoms with van der Waals surface area (Å²) < 4.78 is 5.36. The lowest BCUT2D eigenvalue weighted by Gasteiger charge is -2.32. The molecule has 0 atom stereocenters. The maximum Gasteiger partial charge on any atom is 0.306 e. The lowest BCUT2D eigenvalue weighted by Crippen LogP contribution is -2.19. The van der Waals surface area contributed by atoms with E-state index in [2.05, 4.69) is 58.1 Å². The highest BCUT2D eigenvalue weighted by Crippen LogP contribution is 2.40. The van der Waals surface area contributed by atoms with E-state index in [0.29, 0.717) is 19.6 Å². The summed E-state index contributed by atoms with van der Waals surface area (Å²) in [7, 11) is 0. The lowest BCUT2D eigenvalue weighted by atomic mass is 9.72. The summed E-state index contributed by atoms with van der Waals surface area (Å²) in [6.07, 6.45) is 27.2. The van der Waals surface area contributed by atoms with E-state index < -0.39 is 0 Å². The molecule has 0 spiro atoms. The largest absolute Gasteiger partial charge is 0.461 e. The van der Waals surface area contributed by atoms with Crippen LogP contribution in [0.25, 0.3) is 0 Å². The number of unbranched alkanes of at least 4 members (excludes halogenated alkanes) is 8. The molecular formula is C32H52O3. The van der Waals surface area contributed by atoms with E-state index >= 15 is 0 Å². The van der Waals surface area contributed by atoms with Gasteiger partial charge in [-0.05, 0) is 69.9 Å². The van der Waals surface area contributed by atoms with Crippen LogP contribution in [-0.2, 0) is 9.53 Å². The van der Waals surface area contributed by atoms with Gasteiger partial charge >= 0.3 is 5.97 Å². The van der Waals surface area contributed by atoms with Crippen LogP contribution in [0.3, 0.4) is 0 Å². The number of hydrogen-bond donors (Lipinski definition) is 1. The van der Waals surface area contributed by atoms with Gasteiger partial charge in [0.15, 0.2) is 0 Å². The van der Waals surface area contributed by atoms with Crippen molar-refractivity contribution >= 4 is 5.97 Å². The number of hydrogen-bond acceptors (Lipinski definition) is 3. The summed E-state index contributed by atoms with van der Waals surface area (Å²) in [6, 6.07) is 0. The Morgan fingerprint density at radius 3 is 2.20 bits per heavy atom. The topological polar surface area (TPSA) is 46.5 Å². The Bertz CT molecular complexity index is 762. The van der Waals surface area contributed by atoms with E-state index in [1.807, 2.05) is 13.0 Å². The maximum atomic E-state index is 11.9. The minimum atomic E-state index is -0.0989. The average Bonchev–Trinajstić information content (AvgIpc) is 2.79. The van der Waals surface area contributed by atoms with Gasteiger partial charge in [0.1, 0.15) is 6.61 Å². The van der Waals surface area contributed by atoms with Gasteiger partial charge in [0.05, 0.1) is 0 Å². The van der Waals surface area contributed by atoms with E-state index in [9.17, 15) is 4.79 Å². The molecule has 0 unspecified atom stereocenters. The molecule has 198 valence electrons. The zero-order valence-electron chi connectivity index (χ0n) is 23.3. The minimum absolute atomic E-state index is 0.0989. The summed E-state index contributed by atoms with van der Waals surface area (Å²) in [5.41, 5.74) is 5.60. The van der Waals surface area contributed by atoms with Crippen molar-refractivity contribution < 1.29 is 14.6 Å². The summed E-state index contributed by atoms with van der Waals surface area (Å²) in [4.78, 5) is 11.9. The van der Waals surface area contributed by atoms with E-state index in [1.54, 1.807) is 0 Å². The molecule has 35 heavy (non-hydrogen) atoms. The Morgan fingerprint density at radius 1 is 0.943 bits per heavy atom. The Labute approximate surface area is 216 Å². The summed E-state index contributed by atoms with van der Waals surface area (Å²) in [5.74, 6) is -0.0989. The van der Waals surface area contributed by atoms with Crippen LogP contribution < -0.4 is 0 Å². The third-order valence-electron chi connectivity index (χ3n) is 6.96. The number of allylic oxidation sites excluding steroid dienone is 9. The number of ether oxygens (including phenoxy) is 1. The molecule has 0 aromatic heterocycles. The summed E-state index contributed by atoms with van der Waals surface area (Å²) >= 11 is 0. The molecule has 0 bridgehead atoms. The van der Waals surface area contributed by atoms with Crippen LogP contribution in [0.1, 0.15) is 118 Å². The first-order chi connectivity index (χ1) is 16.8. The van der Waals surface area contributed by atoms with Crippen LogP contribution in [0.4, 0.5) is 0 Å². The molecule has 0 amide bonds. The maximum absolute atomic E-state index is 11.9. The molecule has 0 heterocycles. The second-order valence-electron chi connectivity index (χ2n) is 10.8. The first kappa shape index (κ1) is 31.2. The molecule has 0 saturated carbocycles. The highest BCUT2D eigenvalue weighted by atomic mass is 16.5. The highest BCUT2D eigenvalue weighted by molar-refractivity contribution is 5.69. The molecule has 0 saturated heterocycles. The average molecular weight is 485 g/mol. The molecular weight excluding hydrogens is 432 g/mol. The van der Waals surface area contributed by atoms with Gasteiger partial charge in [0.2, 0.25) is 0 Å². The standard InChI is InChI=1S/C32H52O3/c1-27(21-22-30-29(3)19-16-24-32(30,4)5)17-15-18-28(2)23-26-35-31(34)20-13-11-9-7-6-8-10-12-14-25-33/h15,17-18,21-23,33H,6-14,16,19-20,24-26H2,1-5H3. The van der Waals surface area contributed by atoms with E-state index in [-0.39, 0.29) is 11.4 Å². The number of rotatable bonds is 17. The van der Waals surface area contributed by atoms with Gasteiger partial charge in [-0.25, -0.2) is 0 Å². The van der Waals surface area contributed by atoms with Gasteiger partial charge in [-0.1, -0.05) is 106 Å². The molecule has 1 aliphatic rings. The van der Waals surface area contributed by atoms with Crippen molar-refractivity contribution in [2.24, 2.45) is 5.41 Å².